The number of hydrogen-bond donors (Lipinski definition) is 1. The summed E-state index contributed by atoms with van der Waals surface area (Å²) in [7, 11) is 0. The van der Waals surface area contributed by atoms with E-state index in [1.807, 2.05) is 19.1 Å². The predicted molar refractivity (Wildman–Crippen MR) is 77.0 cm³/mol. The van der Waals surface area contributed by atoms with Crippen molar-refractivity contribution < 1.29 is 5.11 Å². The van der Waals surface area contributed by atoms with E-state index in [-0.39, 0.29) is 16.7 Å². The van der Waals surface area contributed by atoms with E-state index in [1.54, 1.807) is 0 Å². The molecule has 0 aliphatic rings. The molecule has 0 aliphatic heterocycles. The zero-order valence-electron chi connectivity index (χ0n) is 12.9. The van der Waals surface area contributed by atoms with Crippen LogP contribution in [0.5, 0.6) is 0 Å². The number of allylic oxidation sites excluding steroid dienone is 1. The minimum Gasteiger partial charge on any atom is -0.385 e. The van der Waals surface area contributed by atoms with Gasteiger partial charge in [0.05, 0.1) is 5.60 Å². The van der Waals surface area contributed by atoms with Crippen LogP contribution in [0.15, 0.2) is 24.3 Å². The van der Waals surface area contributed by atoms with Crippen molar-refractivity contribution >= 4 is 0 Å². The number of rotatable bonds is 3. The summed E-state index contributed by atoms with van der Waals surface area (Å²) in [5.41, 5.74) is 0.225. The Morgan fingerprint density at radius 1 is 1.12 bits per heavy atom. The third kappa shape index (κ3) is 3.70. The van der Waals surface area contributed by atoms with E-state index in [0.29, 0.717) is 0 Å². The van der Waals surface area contributed by atoms with Crippen molar-refractivity contribution in [1.29, 1.82) is 0 Å². The van der Waals surface area contributed by atoms with Crippen LogP contribution in [0.25, 0.3) is 0 Å². The van der Waals surface area contributed by atoms with Crippen molar-refractivity contribution in [2.75, 3.05) is 0 Å². The Balaban J connectivity index is 5.61. The molecular formula is C16H30O. The van der Waals surface area contributed by atoms with Gasteiger partial charge in [-0.1, -0.05) is 66.2 Å². The van der Waals surface area contributed by atoms with Crippen LogP contribution in [-0.4, -0.2) is 10.7 Å². The Hall–Kier alpha value is -0.560. The molecular weight excluding hydrogens is 208 g/mol. The van der Waals surface area contributed by atoms with Crippen molar-refractivity contribution in [3.8, 4) is 0 Å². The van der Waals surface area contributed by atoms with Gasteiger partial charge in [-0.25, -0.2) is 0 Å². The molecule has 0 spiro atoms. The van der Waals surface area contributed by atoms with Gasteiger partial charge in [0.1, 0.15) is 0 Å². The van der Waals surface area contributed by atoms with Crippen molar-refractivity contribution in [2.24, 2.45) is 16.7 Å². The van der Waals surface area contributed by atoms with Gasteiger partial charge in [0.2, 0.25) is 0 Å². The summed E-state index contributed by atoms with van der Waals surface area (Å²) < 4.78 is 0. The lowest BCUT2D eigenvalue weighted by Gasteiger charge is -2.43. The average Bonchev–Trinajstić information content (AvgIpc) is 2.12. The average molecular weight is 238 g/mol. The van der Waals surface area contributed by atoms with Crippen molar-refractivity contribution in [1.82, 2.24) is 0 Å². The van der Waals surface area contributed by atoms with Crippen LogP contribution in [0.2, 0.25) is 0 Å². The molecule has 0 unspecified atom stereocenters. The molecule has 0 saturated carbocycles. The minimum absolute atomic E-state index is 0.0276. The first-order chi connectivity index (χ1) is 7.36. The van der Waals surface area contributed by atoms with Crippen molar-refractivity contribution in [2.45, 2.75) is 61.0 Å². The maximum Gasteiger partial charge on any atom is 0.0937 e. The van der Waals surface area contributed by atoms with Crippen LogP contribution in [0, 0.1) is 16.7 Å². The van der Waals surface area contributed by atoms with Gasteiger partial charge >= 0.3 is 0 Å². The van der Waals surface area contributed by atoms with Crippen LogP contribution in [0.1, 0.15) is 55.4 Å². The lowest BCUT2D eigenvalue weighted by Crippen LogP contribution is -2.46. The molecule has 0 aromatic heterocycles. The van der Waals surface area contributed by atoms with Gasteiger partial charge in [-0.15, -0.1) is 6.58 Å². The molecule has 0 aromatic carbocycles. The lowest BCUT2D eigenvalue weighted by molar-refractivity contribution is -0.0440. The van der Waals surface area contributed by atoms with Crippen molar-refractivity contribution in [3.05, 3.63) is 24.3 Å². The maximum atomic E-state index is 11.0. The fourth-order valence-corrected chi connectivity index (χ4v) is 1.76. The van der Waals surface area contributed by atoms with Gasteiger partial charge in [0.15, 0.2) is 0 Å². The van der Waals surface area contributed by atoms with Gasteiger partial charge < -0.3 is 5.11 Å². The van der Waals surface area contributed by atoms with Crippen LogP contribution >= 0.6 is 0 Å². The molecule has 0 fully saturated rings. The molecule has 1 N–H and O–H groups in total. The molecule has 0 amide bonds. The minimum atomic E-state index is -0.855. The molecule has 100 valence electrons. The molecule has 1 heteroatoms. The molecule has 0 heterocycles. The van der Waals surface area contributed by atoms with E-state index >= 15 is 0 Å². The molecule has 0 rings (SSSR count). The Bertz CT molecular complexity index is 298. The van der Waals surface area contributed by atoms with E-state index < -0.39 is 5.60 Å². The zero-order valence-corrected chi connectivity index (χ0v) is 12.9. The van der Waals surface area contributed by atoms with E-state index in [9.17, 15) is 5.11 Å². The molecule has 0 radical (unpaired) electrons. The smallest absolute Gasteiger partial charge is 0.0937 e. The quantitative estimate of drug-likeness (QED) is 0.714. The summed E-state index contributed by atoms with van der Waals surface area (Å²) in [4.78, 5) is 0. The van der Waals surface area contributed by atoms with E-state index in [4.69, 9.17) is 0 Å². The normalized spacial score (nSPS) is 19.7. The monoisotopic (exact) mass is 238 g/mol. The fraction of sp³-hybridized carbons (Fsp3) is 0.750. The predicted octanol–water partition coefficient (Wildman–Crippen LogP) is 4.58. The first-order valence-electron chi connectivity index (χ1n) is 6.41. The zero-order chi connectivity index (χ0) is 14.1. The fourth-order valence-electron chi connectivity index (χ4n) is 1.76. The van der Waals surface area contributed by atoms with E-state index in [1.165, 1.54) is 5.57 Å². The van der Waals surface area contributed by atoms with Crippen LogP contribution in [-0.2, 0) is 0 Å². The number of hydrogen-bond acceptors (Lipinski definition) is 1. The molecule has 0 aliphatic carbocycles. The Morgan fingerprint density at radius 2 is 1.53 bits per heavy atom. The second-order valence-electron chi connectivity index (χ2n) is 7.18. The highest BCUT2D eigenvalue weighted by molar-refractivity contribution is 5.20. The number of aliphatic hydroxyl groups is 1. The van der Waals surface area contributed by atoms with Crippen LogP contribution < -0.4 is 0 Å². The Kier molecular flexibility index (Phi) is 4.81. The highest BCUT2D eigenvalue weighted by Crippen LogP contribution is 2.41. The Labute approximate surface area is 108 Å². The molecule has 0 aromatic rings. The van der Waals surface area contributed by atoms with E-state index in [0.717, 1.165) is 0 Å². The standard InChI is InChI=1S/C16H30O/c1-10-12(2)16(17,15(7,8)9)11-13(3)14(4,5)6/h10-12,17H,1H2,2-9H3/b13-11+/t12-,16+/m0/s1. The van der Waals surface area contributed by atoms with Gasteiger partial charge in [-0.2, -0.15) is 0 Å². The molecule has 17 heavy (non-hydrogen) atoms. The highest BCUT2D eigenvalue weighted by Gasteiger charge is 2.42. The Morgan fingerprint density at radius 3 is 1.76 bits per heavy atom. The van der Waals surface area contributed by atoms with Crippen LogP contribution in [0.3, 0.4) is 0 Å². The third-order valence-electron chi connectivity index (χ3n) is 3.87. The molecule has 1 nitrogen and oxygen atoms in total. The summed E-state index contributed by atoms with van der Waals surface area (Å²) in [6, 6.07) is 0. The first-order valence-corrected chi connectivity index (χ1v) is 6.41. The van der Waals surface area contributed by atoms with Gasteiger partial charge in [0, 0.05) is 5.92 Å². The molecule has 2 atom stereocenters. The summed E-state index contributed by atoms with van der Waals surface area (Å²) >= 11 is 0. The van der Waals surface area contributed by atoms with Gasteiger partial charge in [0.25, 0.3) is 0 Å². The molecule has 0 bridgehead atoms. The van der Waals surface area contributed by atoms with Gasteiger partial charge in [-0.3, -0.25) is 0 Å². The largest absolute Gasteiger partial charge is 0.385 e. The summed E-state index contributed by atoms with van der Waals surface area (Å²) in [6.45, 7) is 20.6. The second-order valence-corrected chi connectivity index (χ2v) is 7.18. The van der Waals surface area contributed by atoms with E-state index in [2.05, 4.69) is 55.0 Å². The SMILES string of the molecule is C=C[C@H](C)[C@](O)(/C=C(\C)C(C)(C)C)C(C)(C)C. The third-order valence-corrected chi connectivity index (χ3v) is 3.87. The summed E-state index contributed by atoms with van der Waals surface area (Å²) in [5.74, 6) is 0.0276. The second kappa shape index (κ2) is 4.97. The maximum absolute atomic E-state index is 11.0. The lowest BCUT2D eigenvalue weighted by atomic mass is 9.67. The first kappa shape index (κ1) is 16.4. The summed E-state index contributed by atoms with van der Waals surface area (Å²) in [5, 5.41) is 11.0. The highest BCUT2D eigenvalue weighted by atomic mass is 16.3. The van der Waals surface area contributed by atoms with Gasteiger partial charge in [-0.05, 0) is 17.8 Å². The summed E-state index contributed by atoms with van der Waals surface area (Å²) in [6.07, 6.45) is 3.86. The molecule has 0 saturated heterocycles. The van der Waals surface area contributed by atoms with Crippen LogP contribution in [0.4, 0.5) is 0 Å². The van der Waals surface area contributed by atoms with Crippen molar-refractivity contribution in [3.63, 3.8) is 0 Å². The topological polar surface area (TPSA) is 20.2 Å².